The molecule has 0 bridgehead atoms. The zero-order valence-corrected chi connectivity index (χ0v) is 15.0. The number of halogens is 1. The van der Waals surface area contributed by atoms with Gasteiger partial charge in [0.25, 0.3) is 5.91 Å². The number of rotatable bonds is 7. The molecule has 4 rings (SSSR count). The summed E-state index contributed by atoms with van der Waals surface area (Å²) in [7, 11) is 1.56. The number of benzene rings is 2. The predicted molar refractivity (Wildman–Crippen MR) is 101 cm³/mol. The number of carbonyl (C=O) groups is 1. The van der Waals surface area contributed by atoms with E-state index in [-0.39, 0.29) is 23.7 Å². The molecule has 3 aromatic rings. The standard InChI is InChI=1S/C21H21FN2O3/c1-26-18-4-2-3-5-19(18)27-12-20(25)24-13-21(8-9-21)16-11-23-17-10-14(22)6-7-15(16)17/h2-7,10-11,23H,8-9,12-13H2,1H3,(H,24,25). The molecule has 1 aromatic heterocycles. The number of hydrogen-bond acceptors (Lipinski definition) is 3. The van der Waals surface area contributed by atoms with Crippen LogP contribution in [0.4, 0.5) is 4.39 Å². The van der Waals surface area contributed by atoms with Crippen molar-refractivity contribution in [2.75, 3.05) is 20.3 Å². The van der Waals surface area contributed by atoms with Crippen LogP contribution in [0.15, 0.2) is 48.7 Å². The number of ether oxygens (including phenoxy) is 2. The first-order valence-corrected chi connectivity index (χ1v) is 8.91. The van der Waals surface area contributed by atoms with E-state index in [4.69, 9.17) is 9.47 Å². The monoisotopic (exact) mass is 368 g/mol. The molecule has 1 saturated carbocycles. The third kappa shape index (κ3) is 3.47. The third-order valence-electron chi connectivity index (χ3n) is 5.12. The van der Waals surface area contributed by atoms with E-state index in [9.17, 15) is 9.18 Å². The van der Waals surface area contributed by atoms with E-state index in [1.54, 1.807) is 25.3 Å². The van der Waals surface area contributed by atoms with Crippen molar-refractivity contribution in [3.8, 4) is 11.5 Å². The van der Waals surface area contributed by atoms with Gasteiger partial charge in [0, 0.05) is 29.1 Å². The van der Waals surface area contributed by atoms with Crippen molar-refractivity contribution in [3.05, 3.63) is 60.0 Å². The lowest BCUT2D eigenvalue weighted by Crippen LogP contribution is -2.35. The minimum absolute atomic E-state index is 0.0739. The highest BCUT2D eigenvalue weighted by Crippen LogP contribution is 2.50. The lowest BCUT2D eigenvalue weighted by Gasteiger charge is -2.16. The van der Waals surface area contributed by atoms with Crippen LogP contribution in [0.1, 0.15) is 18.4 Å². The molecular formula is C21H21FN2O3. The van der Waals surface area contributed by atoms with Gasteiger partial charge < -0.3 is 19.8 Å². The molecule has 0 aliphatic heterocycles. The number of para-hydroxylation sites is 2. The Morgan fingerprint density at radius 1 is 1.22 bits per heavy atom. The zero-order valence-electron chi connectivity index (χ0n) is 15.0. The average molecular weight is 368 g/mol. The van der Waals surface area contributed by atoms with E-state index >= 15 is 0 Å². The molecule has 2 N–H and O–H groups in total. The molecule has 27 heavy (non-hydrogen) atoms. The van der Waals surface area contributed by atoms with Crippen LogP contribution in [0.5, 0.6) is 11.5 Å². The molecule has 1 amide bonds. The van der Waals surface area contributed by atoms with Gasteiger partial charge in [-0.25, -0.2) is 4.39 Å². The summed E-state index contributed by atoms with van der Waals surface area (Å²) in [4.78, 5) is 15.4. The average Bonchev–Trinajstić information content (AvgIpc) is 3.36. The number of fused-ring (bicyclic) bond motifs is 1. The maximum Gasteiger partial charge on any atom is 0.257 e. The van der Waals surface area contributed by atoms with Crippen LogP contribution in [0, 0.1) is 5.82 Å². The highest BCUT2D eigenvalue weighted by molar-refractivity contribution is 5.85. The molecule has 140 valence electrons. The molecule has 1 fully saturated rings. The third-order valence-corrected chi connectivity index (χ3v) is 5.12. The fourth-order valence-corrected chi connectivity index (χ4v) is 3.43. The van der Waals surface area contributed by atoms with Crippen LogP contribution in [0.25, 0.3) is 10.9 Å². The molecule has 0 spiro atoms. The quantitative estimate of drug-likeness (QED) is 0.670. The molecule has 1 heterocycles. The van der Waals surface area contributed by atoms with Gasteiger partial charge in [-0.1, -0.05) is 12.1 Å². The number of carbonyl (C=O) groups excluding carboxylic acids is 1. The van der Waals surface area contributed by atoms with Gasteiger partial charge in [-0.3, -0.25) is 4.79 Å². The van der Waals surface area contributed by atoms with Crippen molar-refractivity contribution in [3.63, 3.8) is 0 Å². The second-order valence-electron chi connectivity index (χ2n) is 6.89. The summed E-state index contributed by atoms with van der Waals surface area (Å²) in [5.74, 6) is 0.686. The lowest BCUT2D eigenvalue weighted by molar-refractivity contribution is -0.123. The Morgan fingerprint density at radius 3 is 2.74 bits per heavy atom. The summed E-state index contributed by atoms with van der Waals surface area (Å²) in [6, 6.07) is 12.0. The Morgan fingerprint density at radius 2 is 2.00 bits per heavy atom. The maximum absolute atomic E-state index is 13.4. The van der Waals surface area contributed by atoms with Gasteiger partial charge in [0.05, 0.1) is 7.11 Å². The highest BCUT2D eigenvalue weighted by atomic mass is 19.1. The molecule has 0 radical (unpaired) electrons. The Hall–Kier alpha value is -3.02. The fourth-order valence-electron chi connectivity index (χ4n) is 3.43. The van der Waals surface area contributed by atoms with Crippen LogP contribution >= 0.6 is 0 Å². The summed E-state index contributed by atoms with van der Waals surface area (Å²) >= 11 is 0. The number of aromatic nitrogens is 1. The summed E-state index contributed by atoms with van der Waals surface area (Å²) in [5.41, 5.74) is 1.82. The Kier molecular flexibility index (Phi) is 4.48. The molecule has 1 aliphatic rings. The highest BCUT2D eigenvalue weighted by Gasteiger charge is 2.45. The van der Waals surface area contributed by atoms with Gasteiger partial charge in [0.15, 0.2) is 18.1 Å². The minimum Gasteiger partial charge on any atom is -0.493 e. The van der Waals surface area contributed by atoms with Crippen molar-refractivity contribution < 1.29 is 18.7 Å². The number of methoxy groups -OCH3 is 1. The molecule has 5 nitrogen and oxygen atoms in total. The molecule has 6 heteroatoms. The second-order valence-corrected chi connectivity index (χ2v) is 6.89. The van der Waals surface area contributed by atoms with Gasteiger partial charge in [-0.15, -0.1) is 0 Å². The minimum atomic E-state index is -0.262. The van der Waals surface area contributed by atoms with E-state index in [1.807, 2.05) is 18.3 Å². The summed E-state index contributed by atoms with van der Waals surface area (Å²) < 4.78 is 24.2. The zero-order chi connectivity index (χ0) is 18.9. The first-order chi connectivity index (χ1) is 13.1. The Balaban J connectivity index is 1.38. The smallest absolute Gasteiger partial charge is 0.257 e. The normalized spacial score (nSPS) is 14.7. The lowest BCUT2D eigenvalue weighted by atomic mass is 9.95. The molecular weight excluding hydrogens is 347 g/mol. The number of amides is 1. The maximum atomic E-state index is 13.4. The summed E-state index contributed by atoms with van der Waals surface area (Å²) in [6.45, 7) is 0.459. The predicted octanol–water partition coefficient (Wildman–Crippen LogP) is 3.54. The topological polar surface area (TPSA) is 63.4 Å². The first-order valence-electron chi connectivity index (χ1n) is 8.91. The number of hydrogen-bond donors (Lipinski definition) is 2. The largest absolute Gasteiger partial charge is 0.493 e. The van der Waals surface area contributed by atoms with E-state index in [2.05, 4.69) is 10.3 Å². The van der Waals surface area contributed by atoms with Crippen molar-refractivity contribution in [1.29, 1.82) is 0 Å². The van der Waals surface area contributed by atoms with Crippen molar-refractivity contribution in [2.45, 2.75) is 18.3 Å². The SMILES string of the molecule is COc1ccccc1OCC(=O)NCC1(c2c[nH]c3cc(F)ccc23)CC1. The van der Waals surface area contributed by atoms with Gasteiger partial charge in [0.2, 0.25) is 0 Å². The van der Waals surface area contributed by atoms with Gasteiger partial charge in [-0.2, -0.15) is 0 Å². The van der Waals surface area contributed by atoms with Crippen molar-refractivity contribution in [1.82, 2.24) is 10.3 Å². The van der Waals surface area contributed by atoms with Gasteiger partial charge >= 0.3 is 0 Å². The molecule has 2 aromatic carbocycles. The molecule has 0 atom stereocenters. The van der Waals surface area contributed by atoms with Gasteiger partial charge in [-0.05, 0) is 48.7 Å². The van der Waals surface area contributed by atoms with Crippen LogP contribution in [0.3, 0.4) is 0 Å². The van der Waals surface area contributed by atoms with Crippen LogP contribution < -0.4 is 14.8 Å². The van der Waals surface area contributed by atoms with E-state index < -0.39 is 0 Å². The van der Waals surface area contributed by atoms with Crippen molar-refractivity contribution >= 4 is 16.8 Å². The van der Waals surface area contributed by atoms with Crippen LogP contribution in [-0.4, -0.2) is 31.2 Å². The number of aromatic amines is 1. The Bertz CT molecular complexity index is 978. The molecule has 0 unspecified atom stereocenters. The summed E-state index contributed by atoms with van der Waals surface area (Å²) in [6.07, 6.45) is 3.91. The van der Waals surface area contributed by atoms with Crippen molar-refractivity contribution in [2.24, 2.45) is 0 Å². The molecule has 1 aliphatic carbocycles. The second kappa shape index (κ2) is 6.95. The number of nitrogens with one attached hydrogen (secondary N) is 2. The summed E-state index contributed by atoms with van der Waals surface area (Å²) in [5, 5.41) is 3.97. The van der Waals surface area contributed by atoms with Crippen LogP contribution in [-0.2, 0) is 10.2 Å². The van der Waals surface area contributed by atoms with E-state index in [0.29, 0.717) is 18.0 Å². The van der Waals surface area contributed by atoms with E-state index in [0.717, 1.165) is 29.3 Å². The number of H-pyrrole nitrogens is 1. The first kappa shape index (κ1) is 17.4. The molecule has 0 saturated heterocycles. The Labute approximate surface area is 156 Å². The van der Waals surface area contributed by atoms with E-state index in [1.165, 1.54) is 12.1 Å². The fraction of sp³-hybridized carbons (Fsp3) is 0.286. The van der Waals surface area contributed by atoms with Crippen LogP contribution in [0.2, 0.25) is 0 Å². The van der Waals surface area contributed by atoms with Gasteiger partial charge in [0.1, 0.15) is 5.82 Å².